The van der Waals surface area contributed by atoms with Crippen LogP contribution in [0.1, 0.15) is 18.9 Å². The summed E-state index contributed by atoms with van der Waals surface area (Å²) in [4.78, 5) is 3.85. The number of benzene rings is 1. The predicted molar refractivity (Wildman–Crippen MR) is 78.0 cm³/mol. The Kier molecular flexibility index (Phi) is 3.98. The zero-order valence-electron chi connectivity index (χ0n) is 10.8. The van der Waals surface area contributed by atoms with Crippen LogP contribution < -0.4 is 11.5 Å². The number of hydrogen-bond donors (Lipinski definition) is 2. The molecule has 1 heterocycles. The smallest absolute Gasteiger partial charge is 0.425 e. The van der Waals surface area contributed by atoms with E-state index in [2.05, 4.69) is 9.73 Å². The van der Waals surface area contributed by atoms with E-state index >= 15 is 0 Å². The van der Waals surface area contributed by atoms with Crippen LogP contribution in [0.3, 0.4) is 0 Å². The second kappa shape index (κ2) is 5.18. The first kappa shape index (κ1) is 16.1. The maximum absolute atomic E-state index is 14.1. The van der Waals surface area contributed by atoms with Gasteiger partial charge in [0.25, 0.3) is 6.02 Å². The highest BCUT2D eigenvalue weighted by Gasteiger charge is 2.50. The summed E-state index contributed by atoms with van der Waals surface area (Å²) < 4.78 is 57.7. The summed E-state index contributed by atoms with van der Waals surface area (Å²) in [5, 5.41) is 0. The van der Waals surface area contributed by atoms with Crippen molar-refractivity contribution >= 4 is 34.3 Å². The number of nitrogens with two attached hydrogens (primary N) is 2. The number of nitrogen functional groups attached to an aromatic ring is 1. The van der Waals surface area contributed by atoms with E-state index in [0.717, 1.165) is 6.07 Å². The number of halogens is 5. The van der Waals surface area contributed by atoms with Crippen molar-refractivity contribution in [3.05, 3.63) is 27.1 Å². The molecule has 116 valence electrons. The molecule has 0 fully saturated rings. The molecule has 0 aliphatic carbocycles. The summed E-state index contributed by atoms with van der Waals surface area (Å²) >= 11 is 1.83. The van der Waals surface area contributed by atoms with Crippen molar-refractivity contribution in [2.75, 3.05) is 5.73 Å². The second-order valence-electron chi connectivity index (χ2n) is 4.93. The van der Waals surface area contributed by atoms with E-state index in [1.807, 2.05) is 22.6 Å². The lowest BCUT2D eigenvalue weighted by molar-refractivity contribution is -0.208. The zero-order valence-corrected chi connectivity index (χ0v) is 13.0. The Morgan fingerprint density at radius 3 is 2.57 bits per heavy atom. The number of alkyl halides is 3. The highest BCUT2D eigenvalue weighted by Crippen LogP contribution is 2.41. The molecule has 21 heavy (non-hydrogen) atoms. The van der Waals surface area contributed by atoms with Gasteiger partial charge < -0.3 is 16.2 Å². The molecule has 0 amide bonds. The molecule has 1 aliphatic heterocycles. The molecule has 0 bridgehead atoms. The first-order chi connectivity index (χ1) is 9.53. The van der Waals surface area contributed by atoms with Crippen molar-refractivity contribution < 1.29 is 22.3 Å². The summed E-state index contributed by atoms with van der Waals surface area (Å²) in [7, 11) is 0. The summed E-state index contributed by atoms with van der Waals surface area (Å²) in [6.45, 7) is 1.37. The Morgan fingerprint density at radius 1 is 1.38 bits per heavy atom. The van der Waals surface area contributed by atoms with E-state index in [1.165, 1.54) is 13.0 Å². The quantitative estimate of drug-likeness (QED) is 0.420. The lowest BCUT2D eigenvalue weighted by Crippen LogP contribution is -2.46. The van der Waals surface area contributed by atoms with Gasteiger partial charge in [0.2, 0.25) is 0 Å². The maximum Gasteiger partial charge on any atom is 0.425 e. The molecule has 0 saturated heterocycles. The molecule has 4 nitrogen and oxygen atoms in total. The Morgan fingerprint density at radius 2 is 2.00 bits per heavy atom. The first-order valence-corrected chi connectivity index (χ1v) is 6.94. The number of amidine groups is 1. The summed E-state index contributed by atoms with van der Waals surface area (Å²) in [5.74, 6) is -0.685. The van der Waals surface area contributed by atoms with Crippen LogP contribution in [0.25, 0.3) is 0 Å². The van der Waals surface area contributed by atoms with Crippen molar-refractivity contribution in [3.63, 3.8) is 0 Å². The van der Waals surface area contributed by atoms with E-state index in [9.17, 15) is 17.6 Å². The number of rotatable bonds is 1. The molecular weight excluding hydrogens is 405 g/mol. The van der Waals surface area contributed by atoms with Crippen LogP contribution >= 0.6 is 22.6 Å². The SMILES string of the molecule is C[C@@]1(c2cc(N)c(I)cc2F)C[C@@H](C(F)(F)F)OC(N)=N1. The Hall–Kier alpha value is -1.26. The van der Waals surface area contributed by atoms with Gasteiger partial charge in [-0.15, -0.1) is 0 Å². The number of anilines is 1. The molecule has 4 N–H and O–H groups in total. The maximum atomic E-state index is 14.1. The Balaban J connectivity index is 2.51. The van der Waals surface area contributed by atoms with Crippen LogP contribution in [0.2, 0.25) is 0 Å². The van der Waals surface area contributed by atoms with Gasteiger partial charge in [-0.1, -0.05) is 0 Å². The molecule has 1 aromatic rings. The van der Waals surface area contributed by atoms with E-state index in [-0.39, 0.29) is 11.3 Å². The molecule has 1 aliphatic rings. The number of nitrogens with zero attached hydrogens (tertiary/aromatic N) is 1. The molecule has 0 radical (unpaired) electrons. The Labute approximate surface area is 131 Å². The topological polar surface area (TPSA) is 73.6 Å². The van der Waals surface area contributed by atoms with Gasteiger partial charge in [-0.25, -0.2) is 9.38 Å². The van der Waals surface area contributed by atoms with Gasteiger partial charge in [0.15, 0.2) is 6.10 Å². The lowest BCUT2D eigenvalue weighted by atomic mass is 9.85. The minimum absolute atomic E-state index is 0.0408. The van der Waals surface area contributed by atoms with Crippen LogP contribution in [-0.4, -0.2) is 18.3 Å². The normalized spacial score (nSPS) is 26.2. The van der Waals surface area contributed by atoms with Crippen LogP contribution in [0.15, 0.2) is 17.1 Å². The third-order valence-electron chi connectivity index (χ3n) is 3.23. The van der Waals surface area contributed by atoms with Crippen molar-refractivity contribution in [3.8, 4) is 0 Å². The van der Waals surface area contributed by atoms with E-state index in [1.54, 1.807) is 0 Å². The molecule has 2 rings (SSSR count). The van der Waals surface area contributed by atoms with E-state index < -0.39 is 36.1 Å². The third kappa shape index (κ3) is 3.16. The van der Waals surface area contributed by atoms with E-state index in [0.29, 0.717) is 3.57 Å². The predicted octanol–water partition coefficient (Wildman–Crippen LogP) is 2.89. The van der Waals surface area contributed by atoms with Crippen molar-refractivity contribution in [2.45, 2.75) is 31.2 Å². The van der Waals surface area contributed by atoms with Crippen LogP contribution in [0.5, 0.6) is 0 Å². The average molecular weight is 417 g/mol. The molecule has 2 atom stereocenters. The van der Waals surface area contributed by atoms with Gasteiger partial charge in [-0.2, -0.15) is 13.2 Å². The summed E-state index contributed by atoms with van der Waals surface area (Å²) in [6, 6.07) is 1.81. The summed E-state index contributed by atoms with van der Waals surface area (Å²) in [6.07, 6.45) is -7.33. The number of aliphatic imine (C=N–C) groups is 1. The molecular formula is C12H12F4IN3O. The average Bonchev–Trinajstić information content (AvgIpc) is 2.31. The van der Waals surface area contributed by atoms with Crippen LogP contribution in [-0.2, 0) is 10.3 Å². The van der Waals surface area contributed by atoms with Crippen molar-refractivity contribution in [1.82, 2.24) is 0 Å². The lowest BCUT2D eigenvalue weighted by Gasteiger charge is -2.36. The van der Waals surface area contributed by atoms with Crippen LogP contribution in [0.4, 0.5) is 23.2 Å². The minimum Gasteiger partial charge on any atom is -0.452 e. The molecule has 9 heteroatoms. The minimum atomic E-state index is -4.62. The van der Waals surface area contributed by atoms with Gasteiger partial charge >= 0.3 is 6.18 Å². The molecule has 1 aromatic carbocycles. The largest absolute Gasteiger partial charge is 0.452 e. The molecule has 0 unspecified atom stereocenters. The molecule has 0 spiro atoms. The van der Waals surface area contributed by atoms with Gasteiger partial charge in [0.1, 0.15) is 5.82 Å². The van der Waals surface area contributed by atoms with Gasteiger partial charge in [0, 0.05) is 21.2 Å². The standard InChI is InChI=1S/C12H12F4IN3O/c1-11(5-2-8(18)7(17)3-6(5)13)4-9(12(14,15)16)21-10(19)20-11/h2-3,9H,4,18H2,1H3,(H2,19,20)/t9-,11-/m0/s1. The molecule has 0 aromatic heterocycles. The molecule has 0 saturated carbocycles. The van der Waals surface area contributed by atoms with Crippen molar-refractivity contribution in [2.24, 2.45) is 10.7 Å². The fourth-order valence-corrected chi connectivity index (χ4v) is 2.62. The number of hydrogen-bond acceptors (Lipinski definition) is 4. The fourth-order valence-electron chi connectivity index (χ4n) is 2.19. The third-order valence-corrected chi connectivity index (χ3v) is 4.17. The van der Waals surface area contributed by atoms with E-state index in [4.69, 9.17) is 11.5 Å². The monoisotopic (exact) mass is 417 g/mol. The second-order valence-corrected chi connectivity index (χ2v) is 6.09. The van der Waals surface area contributed by atoms with Crippen LogP contribution in [0, 0.1) is 9.39 Å². The van der Waals surface area contributed by atoms with Gasteiger partial charge in [-0.05, 0) is 41.6 Å². The fraction of sp³-hybridized carbons (Fsp3) is 0.417. The Bertz CT molecular complexity index is 605. The summed E-state index contributed by atoms with van der Waals surface area (Å²) in [5.41, 5.74) is 9.75. The van der Waals surface area contributed by atoms with Crippen molar-refractivity contribution in [1.29, 1.82) is 0 Å². The van der Waals surface area contributed by atoms with Gasteiger partial charge in [-0.3, -0.25) is 0 Å². The zero-order chi connectivity index (χ0) is 16.0. The highest BCUT2D eigenvalue weighted by atomic mass is 127. The first-order valence-electron chi connectivity index (χ1n) is 5.86. The number of ether oxygens (including phenoxy) is 1. The highest BCUT2D eigenvalue weighted by molar-refractivity contribution is 14.1. The van der Waals surface area contributed by atoms with Gasteiger partial charge in [0.05, 0.1) is 5.54 Å².